The smallest absolute Gasteiger partial charge is 0.256 e. The second kappa shape index (κ2) is 7.47. The summed E-state index contributed by atoms with van der Waals surface area (Å²) < 4.78 is 4.90. The van der Waals surface area contributed by atoms with Crippen molar-refractivity contribution in [3.8, 4) is 6.07 Å². The van der Waals surface area contributed by atoms with Gasteiger partial charge in [-0.25, -0.2) is 0 Å². The van der Waals surface area contributed by atoms with Gasteiger partial charge in [0.1, 0.15) is 17.7 Å². The summed E-state index contributed by atoms with van der Waals surface area (Å²) in [5.74, 6) is -0.321. The van der Waals surface area contributed by atoms with E-state index >= 15 is 0 Å². The molecule has 0 saturated heterocycles. The molecular weight excluding hydrogens is 338 g/mol. The Balaban J connectivity index is 1.82. The molecule has 2 heterocycles. The fraction of sp³-hybridized carbons (Fsp3) is 0.278. The summed E-state index contributed by atoms with van der Waals surface area (Å²) in [6.07, 6.45) is 0.603. The predicted octanol–water partition coefficient (Wildman–Crippen LogP) is 2.40. The highest BCUT2D eigenvalue weighted by Crippen LogP contribution is 2.36. The molecule has 6 nitrogen and oxygen atoms in total. The zero-order chi connectivity index (χ0) is 17.8. The molecule has 128 valence electrons. The van der Waals surface area contributed by atoms with Crippen LogP contribution in [0.3, 0.4) is 0 Å². The number of fused-ring (bicyclic) bond motifs is 1. The topological polar surface area (TPSA) is 82.4 Å². The van der Waals surface area contributed by atoms with E-state index in [0.717, 1.165) is 10.4 Å². The number of ether oxygens (including phenoxy) is 1. The normalized spacial score (nSPS) is 13.0. The van der Waals surface area contributed by atoms with Crippen LogP contribution in [-0.2, 0) is 22.5 Å². The van der Waals surface area contributed by atoms with Gasteiger partial charge in [0, 0.05) is 24.1 Å². The first kappa shape index (κ1) is 17.1. The van der Waals surface area contributed by atoms with Gasteiger partial charge in [-0.1, -0.05) is 18.2 Å². The average Bonchev–Trinajstić information content (AvgIpc) is 2.98. The Morgan fingerprint density at radius 3 is 2.80 bits per heavy atom. The number of amides is 2. The minimum absolute atomic E-state index is 0.0451. The second-order valence-corrected chi connectivity index (χ2v) is 6.74. The van der Waals surface area contributed by atoms with Crippen LogP contribution in [-0.4, -0.2) is 37.0 Å². The van der Waals surface area contributed by atoms with Crippen LogP contribution in [0.5, 0.6) is 0 Å². The molecule has 25 heavy (non-hydrogen) atoms. The molecule has 0 bridgehead atoms. The highest BCUT2D eigenvalue weighted by molar-refractivity contribution is 7.16. The number of hydrogen-bond donors (Lipinski definition) is 1. The molecule has 0 unspecified atom stereocenters. The van der Waals surface area contributed by atoms with Gasteiger partial charge < -0.3 is 15.0 Å². The summed E-state index contributed by atoms with van der Waals surface area (Å²) in [4.78, 5) is 27.0. The molecule has 2 aromatic rings. The quantitative estimate of drug-likeness (QED) is 0.913. The molecule has 1 aromatic carbocycles. The summed E-state index contributed by atoms with van der Waals surface area (Å²) in [5, 5.41) is 12.9. The van der Waals surface area contributed by atoms with Gasteiger partial charge in [-0.05, 0) is 24.1 Å². The summed E-state index contributed by atoms with van der Waals surface area (Å²) in [5.41, 5.74) is 1.97. The van der Waals surface area contributed by atoms with Gasteiger partial charge in [-0.15, -0.1) is 11.3 Å². The molecule has 0 fully saturated rings. The van der Waals surface area contributed by atoms with E-state index in [0.29, 0.717) is 35.6 Å². The number of methoxy groups -OCH3 is 1. The van der Waals surface area contributed by atoms with Crippen LogP contribution in [0, 0.1) is 11.3 Å². The number of hydrogen-bond acceptors (Lipinski definition) is 5. The molecule has 0 saturated carbocycles. The molecule has 1 aliphatic rings. The molecule has 1 N–H and O–H groups in total. The molecular formula is C18H17N3O3S. The van der Waals surface area contributed by atoms with Crippen LogP contribution in [0.25, 0.3) is 0 Å². The number of thiophene rings is 1. The average molecular weight is 355 g/mol. The number of carbonyl (C=O) groups excluding carboxylic acids is 2. The molecule has 0 spiro atoms. The van der Waals surface area contributed by atoms with E-state index in [1.165, 1.54) is 18.4 Å². The van der Waals surface area contributed by atoms with Crippen molar-refractivity contribution in [3.63, 3.8) is 0 Å². The van der Waals surface area contributed by atoms with Crippen molar-refractivity contribution < 1.29 is 14.3 Å². The van der Waals surface area contributed by atoms with E-state index in [1.54, 1.807) is 29.2 Å². The zero-order valence-electron chi connectivity index (χ0n) is 13.7. The minimum atomic E-state index is -0.247. The van der Waals surface area contributed by atoms with Crippen LogP contribution in [0.2, 0.25) is 0 Å². The standard InChI is InChI=1S/C18H17N3O3S/c1-24-11-16(22)21-8-7-13-14(9-19)18(25-15(13)10-21)20-17(23)12-5-3-2-4-6-12/h2-6H,7-8,10-11H2,1H3,(H,20,23). The second-order valence-electron chi connectivity index (χ2n) is 5.64. The van der Waals surface area contributed by atoms with Crippen molar-refractivity contribution in [3.05, 3.63) is 51.9 Å². The molecule has 2 amide bonds. The number of nitrogens with one attached hydrogen (secondary N) is 1. The molecule has 0 aliphatic carbocycles. The lowest BCUT2D eigenvalue weighted by Gasteiger charge is -2.26. The lowest BCUT2D eigenvalue weighted by Crippen LogP contribution is -2.37. The van der Waals surface area contributed by atoms with Gasteiger partial charge in [0.15, 0.2) is 0 Å². The first-order valence-corrected chi connectivity index (χ1v) is 8.63. The monoisotopic (exact) mass is 355 g/mol. The van der Waals surface area contributed by atoms with Gasteiger partial charge >= 0.3 is 0 Å². The third-order valence-corrected chi connectivity index (χ3v) is 5.18. The highest BCUT2D eigenvalue weighted by atomic mass is 32.1. The van der Waals surface area contributed by atoms with E-state index < -0.39 is 0 Å². The number of carbonyl (C=O) groups is 2. The molecule has 0 atom stereocenters. The van der Waals surface area contributed by atoms with Crippen molar-refractivity contribution in [2.75, 3.05) is 25.6 Å². The Kier molecular flexibility index (Phi) is 5.12. The van der Waals surface area contributed by atoms with Gasteiger partial charge in [0.2, 0.25) is 5.91 Å². The van der Waals surface area contributed by atoms with Crippen LogP contribution in [0.1, 0.15) is 26.4 Å². The van der Waals surface area contributed by atoms with Crippen LogP contribution < -0.4 is 5.32 Å². The zero-order valence-corrected chi connectivity index (χ0v) is 14.6. The Hall–Kier alpha value is -2.69. The maximum Gasteiger partial charge on any atom is 0.256 e. The lowest BCUT2D eigenvalue weighted by molar-refractivity contribution is -0.136. The fourth-order valence-corrected chi connectivity index (χ4v) is 4.01. The predicted molar refractivity (Wildman–Crippen MR) is 94.4 cm³/mol. The lowest BCUT2D eigenvalue weighted by atomic mass is 10.0. The SMILES string of the molecule is COCC(=O)N1CCc2c(sc(NC(=O)c3ccccc3)c2C#N)C1. The summed E-state index contributed by atoms with van der Waals surface area (Å²) >= 11 is 1.36. The van der Waals surface area contributed by atoms with E-state index in [9.17, 15) is 14.9 Å². The molecule has 1 aliphatic heterocycles. The van der Waals surface area contributed by atoms with E-state index in [1.807, 2.05) is 6.07 Å². The van der Waals surface area contributed by atoms with Crippen molar-refractivity contribution in [2.45, 2.75) is 13.0 Å². The summed E-state index contributed by atoms with van der Waals surface area (Å²) in [7, 11) is 1.49. The molecule has 0 radical (unpaired) electrons. The summed E-state index contributed by atoms with van der Waals surface area (Å²) in [6.45, 7) is 1.04. The number of nitrogens with zero attached hydrogens (tertiary/aromatic N) is 2. The van der Waals surface area contributed by atoms with Crippen molar-refractivity contribution >= 4 is 28.2 Å². The largest absolute Gasteiger partial charge is 0.375 e. The van der Waals surface area contributed by atoms with Gasteiger partial charge in [0.05, 0.1) is 12.1 Å². The van der Waals surface area contributed by atoms with Crippen LogP contribution >= 0.6 is 11.3 Å². The highest BCUT2D eigenvalue weighted by Gasteiger charge is 2.27. The van der Waals surface area contributed by atoms with Crippen molar-refractivity contribution in [2.24, 2.45) is 0 Å². The number of benzene rings is 1. The van der Waals surface area contributed by atoms with Gasteiger partial charge in [-0.2, -0.15) is 5.26 Å². The maximum atomic E-state index is 12.4. The van der Waals surface area contributed by atoms with Gasteiger partial charge in [-0.3, -0.25) is 9.59 Å². The number of rotatable bonds is 4. The van der Waals surface area contributed by atoms with E-state index in [-0.39, 0.29) is 18.4 Å². The number of anilines is 1. The third kappa shape index (κ3) is 3.55. The van der Waals surface area contributed by atoms with Gasteiger partial charge in [0.25, 0.3) is 5.91 Å². The Morgan fingerprint density at radius 2 is 2.12 bits per heavy atom. The Bertz CT molecular complexity index is 839. The van der Waals surface area contributed by atoms with Crippen molar-refractivity contribution in [1.82, 2.24) is 4.90 Å². The van der Waals surface area contributed by atoms with E-state index in [4.69, 9.17) is 4.74 Å². The number of nitriles is 1. The molecule has 3 rings (SSSR count). The fourth-order valence-electron chi connectivity index (χ4n) is 2.80. The third-order valence-electron chi connectivity index (χ3n) is 4.05. The van der Waals surface area contributed by atoms with Crippen LogP contribution in [0.15, 0.2) is 30.3 Å². The maximum absolute atomic E-state index is 12.4. The first-order chi connectivity index (χ1) is 12.1. The molecule has 7 heteroatoms. The Labute approximate surface area is 149 Å². The first-order valence-electron chi connectivity index (χ1n) is 7.81. The minimum Gasteiger partial charge on any atom is -0.375 e. The van der Waals surface area contributed by atoms with E-state index in [2.05, 4.69) is 11.4 Å². The Morgan fingerprint density at radius 1 is 1.36 bits per heavy atom. The summed E-state index contributed by atoms with van der Waals surface area (Å²) in [6, 6.07) is 11.1. The van der Waals surface area contributed by atoms with Crippen LogP contribution in [0.4, 0.5) is 5.00 Å². The van der Waals surface area contributed by atoms with Crippen molar-refractivity contribution in [1.29, 1.82) is 5.26 Å². The molecule has 1 aromatic heterocycles.